The van der Waals surface area contributed by atoms with E-state index in [1.165, 1.54) is 24.3 Å². The van der Waals surface area contributed by atoms with E-state index in [0.29, 0.717) is 11.4 Å². The molecule has 0 bridgehead atoms. The molecule has 0 aliphatic carbocycles. The van der Waals surface area contributed by atoms with Crippen LogP contribution in [0.25, 0.3) is 0 Å². The molecule has 32 heavy (non-hydrogen) atoms. The van der Waals surface area contributed by atoms with Crippen LogP contribution in [-0.2, 0) is 14.8 Å². The van der Waals surface area contributed by atoms with Gasteiger partial charge in [0, 0.05) is 15.1 Å². The first kappa shape index (κ1) is 24.2. The van der Waals surface area contributed by atoms with Gasteiger partial charge in [-0.25, -0.2) is 8.42 Å². The number of sulfonamides is 1. The lowest BCUT2D eigenvalue weighted by molar-refractivity contribution is -0.123. The second-order valence-corrected chi connectivity index (χ2v) is 10.4. The molecule has 0 aliphatic rings. The molecule has 3 rings (SSSR count). The van der Waals surface area contributed by atoms with Crippen molar-refractivity contribution in [2.75, 3.05) is 17.6 Å². The number of amides is 1. The standard InChI is InChI=1S/C23H23BrN2O4S2/c1-16(17-3-11-21(31-2)12-4-17)25-23(27)15-30-20-9-13-22(14-10-20)32(28,29)26-19-7-5-18(24)6-8-19/h3-14,16,26H,15H2,1-2H3,(H,25,27). The SMILES string of the molecule is CSc1ccc(C(C)NC(=O)COc2ccc(S(=O)(=O)Nc3ccc(Br)cc3)cc2)cc1. The van der Waals surface area contributed by atoms with Crippen LogP contribution in [0.15, 0.2) is 87.1 Å². The second-order valence-electron chi connectivity index (χ2n) is 6.93. The Hall–Kier alpha value is -2.49. The van der Waals surface area contributed by atoms with Gasteiger partial charge >= 0.3 is 0 Å². The van der Waals surface area contributed by atoms with Crippen molar-refractivity contribution in [1.29, 1.82) is 0 Å². The highest BCUT2D eigenvalue weighted by Gasteiger charge is 2.15. The van der Waals surface area contributed by atoms with Gasteiger partial charge in [-0.05, 0) is 79.4 Å². The third-order valence-electron chi connectivity index (χ3n) is 4.59. The summed E-state index contributed by atoms with van der Waals surface area (Å²) in [6.07, 6.45) is 2.01. The van der Waals surface area contributed by atoms with Gasteiger partial charge in [-0.15, -0.1) is 11.8 Å². The van der Waals surface area contributed by atoms with E-state index in [9.17, 15) is 13.2 Å². The van der Waals surface area contributed by atoms with E-state index in [-0.39, 0.29) is 23.5 Å². The maximum absolute atomic E-state index is 12.5. The Morgan fingerprint density at radius 1 is 1.00 bits per heavy atom. The quantitative estimate of drug-likeness (QED) is 0.367. The number of hydrogen-bond acceptors (Lipinski definition) is 5. The lowest BCUT2D eigenvalue weighted by Gasteiger charge is -2.15. The lowest BCUT2D eigenvalue weighted by Crippen LogP contribution is -2.31. The van der Waals surface area contributed by atoms with E-state index < -0.39 is 10.0 Å². The molecule has 1 atom stereocenters. The van der Waals surface area contributed by atoms with Crippen LogP contribution in [0, 0.1) is 0 Å². The summed E-state index contributed by atoms with van der Waals surface area (Å²) in [5, 5.41) is 2.89. The van der Waals surface area contributed by atoms with Crippen LogP contribution in [0.5, 0.6) is 5.75 Å². The number of thioether (sulfide) groups is 1. The Labute approximate surface area is 200 Å². The van der Waals surface area contributed by atoms with Gasteiger partial charge in [0.05, 0.1) is 10.9 Å². The van der Waals surface area contributed by atoms with Gasteiger partial charge in [0.15, 0.2) is 6.61 Å². The lowest BCUT2D eigenvalue weighted by atomic mass is 10.1. The molecule has 3 aromatic rings. The highest BCUT2D eigenvalue weighted by atomic mass is 79.9. The van der Waals surface area contributed by atoms with Crippen molar-refractivity contribution in [3.05, 3.63) is 82.8 Å². The van der Waals surface area contributed by atoms with Gasteiger partial charge in [-0.1, -0.05) is 28.1 Å². The third-order valence-corrected chi connectivity index (χ3v) is 7.26. The average molecular weight is 535 g/mol. The smallest absolute Gasteiger partial charge is 0.261 e. The molecule has 0 saturated heterocycles. The van der Waals surface area contributed by atoms with Gasteiger partial charge < -0.3 is 10.1 Å². The number of ether oxygens (including phenoxy) is 1. The van der Waals surface area contributed by atoms with Gasteiger partial charge in [-0.2, -0.15) is 0 Å². The number of nitrogens with one attached hydrogen (secondary N) is 2. The van der Waals surface area contributed by atoms with Crippen LogP contribution in [0.3, 0.4) is 0 Å². The van der Waals surface area contributed by atoms with Gasteiger partial charge in [0.1, 0.15) is 5.75 Å². The molecule has 168 valence electrons. The predicted octanol–water partition coefficient (Wildman–Crippen LogP) is 5.23. The average Bonchev–Trinajstić information content (AvgIpc) is 2.79. The van der Waals surface area contributed by atoms with E-state index in [1.807, 2.05) is 37.4 Å². The second kappa shape index (κ2) is 10.9. The Morgan fingerprint density at radius 2 is 1.62 bits per heavy atom. The van der Waals surface area contributed by atoms with Crippen molar-refractivity contribution in [3.8, 4) is 5.75 Å². The Kier molecular flexibility index (Phi) is 8.22. The summed E-state index contributed by atoms with van der Waals surface area (Å²) in [7, 11) is -3.73. The van der Waals surface area contributed by atoms with Gasteiger partial charge in [-0.3, -0.25) is 9.52 Å². The first-order valence-corrected chi connectivity index (χ1v) is 13.2. The molecule has 0 aromatic heterocycles. The predicted molar refractivity (Wildman–Crippen MR) is 132 cm³/mol. The molecule has 2 N–H and O–H groups in total. The number of benzene rings is 3. The van der Waals surface area contributed by atoms with Crippen molar-refractivity contribution in [2.45, 2.75) is 22.8 Å². The van der Waals surface area contributed by atoms with Crippen LogP contribution >= 0.6 is 27.7 Å². The van der Waals surface area contributed by atoms with E-state index in [4.69, 9.17) is 4.74 Å². The zero-order valence-electron chi connectivity index (χ0n) is 17.5. The molecule has 0 heterocycles. The van der Waals surface area contributed by atoms with Crippen LogP contribution in [0.2, 0.25) is 0 Å². The minimum Gasteiger partial charge on any atom is -0.484 e. The summed E-state index contributed by atoms with van der Waals surface area (Å²) in [6, 6.07) is 20.6. The molecule has 1 amide bonds. The zero-order chi connectivity index (χ0) is 23.1. The summed E-state index contributed by atoms with van der Waals surface area (Å²) < 4.78 is 33.9. The van der Waals surface area contributed by atoms with E-state index in [2.05, 4.69) is 26.0 Å². The number of carbonyl (C=O) groups excluding carboxylic acids is 1. The minimum absolute atomic E-state index is 0.0968. The molecule has 9 heteroatoms. The number of halogens is 1. The molecule has 0 aliphatic heterocycles. The fourth-order valence-electron chi connectivity index (χ4n) is 2.85. The van der Waals surface area contributed by atoms with Crippen LogP contribution in [0.4, 0.5) is 5.69 Å². The van der Waals surface area contributed by atoms with Crippen molar-refractivity contribution < 1.29 is 17.9 Å². The molecule has 0 spiro atoms. The molecule has 0 fully saturated rings. The van der Waals surface area contributed by atoms with Crippen molar-refractivity contribution in [3.63, 3.8) is 0 Å². The zero-order valence-corrected chi connectivity index (χ0v) is 20.8. The summed E-state index contributed by atoms with van der Waals surface area (Å²) in [4.78, 5) is 13.5. The highest BCUT2D eigenvalue weighted by Crippen LogP contribution is 2.21. The molecular formula is C23H23BrN2O4S2. The monoisotopic (exact) mass is 534 g/mol. The number of rotatable bonds is 9. The van der Waals surface area contributed by atoms with Crippen molar-refractivity contribution in [2.24, 2.45) is 0 Å². The number of hydrogen-bond donors (Lipinski definition) is 2. The molecule has 3 aromatic carbocycles. The fraction of sp³-hybridized carbons (Fsp3) is 0.174. The van der Waals surface area contributed by atoms with Crippen molar-refractivity contribution >= 4 is 49.3 Å². The summed E-state index contributed by atoms with van der Waals surface area (Å²) >= 11 is 4.97. The molecular weight excluding hydrogens is 512 g/mol. The first-order chi connectivity index (χ1) is 15.3. The summed E-state index contributed by atoms with van der Waals surface area (Å²) in [5.74, 6) is 0.139. The molecule has 0 saturated carbocycles. The molecule has 0 radical (unpaired) electrons. The fourth-order valence-corrected chi connectivity index (χ4v) is 4.59. The van der Waals surface area contributed by atoms with E-state index >= 15 is 0 Å². The summed E-state index contributed by atoms with van der Waals surface area (Å²) in [5.41, 5.74) is 1.46. The Morgan fingerprint density at radius 3 is 2.22 bits per heavy atom. The third kappa shape index (κ3) is 6.75. The van der Waals surface area contributed by atoms with Crippen LogP contribution < -0.4 is 14.8 Å². The molecule has 6 nitrogen and oxygen atoms in total. The maximum Gasteiger partial charge on any atom is 0.261 e. The summed E-state index contributed by atoms with van der Waals surface area (Å²) in [6.45, 7) is 1.74. The first-order valence-electron chi connectivity index (χ1n) is 9.71. The minimum atomic E-state index is -3.73. The Bertz CT molecular complexity index is 1150. The molecule has 1 unspecified atom stereocenters. The maximum atomic E-state index is 12.5. The topological polar surface area (TPSA) is 84.5 Å². The largest absolute Gasteiger partial charge is 0.484 e. The van der Waals surface area contributed by atoms with Crippen LogP contribution in [0.1, 0.15) is 18.5 Å². The van der Waals surface area contributed by atoms with E-state index in [0.717, 1.165) is 14.9 Å². The van der Waals surface area contributed by atoms with Gasteiger partial charge in [0.2, 0.25) is 0 Å². The normalized spacial score (nSPS) is 12.1. The number of anilines is 1. The van der Waals surface area contributed by atoms with Crippen molar-refractivity contribution in [1.82, 2.24) is 5.32 Å². The highest BCUT2D eigenvalue weighted by molar-refractivity contribution is 9.10. The van der Waals surface area contributed by atoms with Crippen LogP contribution in [-0.4, -0.2) is 27.2 Å². The van der Waals surface area contributed by atoms with E-state index in [1.54, 1.807) is 36.0 Å². The number of carbonyl (C=O) groups is 1. The van der Waals surface area contributed by atoms with Gasteiger partial charge in [0.25, 0.3) is 15.9 Å². The Balaban J connectivity index is 1.53.